The second-order valence-corrected chi connectivity index (χ2v) is 8.77. The van der Waals surface area contributed by atoms with Crippen LogP contribution in [0.25, 0.3) is 10.9 Å². The van der Waals surface area contributed by atoms with Gasteiger partial charge in [0.25, 0.3) is 5.56 Å². The lowest BCUT2D eigenvalue weighted by molar-refractivity contribution is 0.183. The van der Waals surface area contributed by atoms with Gasteiger partial charge in [0.15, 0.2) is 5.16 Å². The molecule has 25 heavy (non-hydrogen) atoms. The summed E-state index contributed by atoms with van der Waals surface area (Å²) in [5, 5.41) is 1.52. The Morgan fingerprint density at radius 1 is 1.40 bits per heavy atom. The summed E-state index contributed by atoms with van der Waals surface area (Å²) in [5.41, 5.74) is 0.362. The maximum Gasteiger partial charge on any atom is 0.262 e. The molecule has 2 aromatic rings. The highest BCUT2D eigenvalue weighted by Gasteiger charge is 2.13. The van der Waals surface area contributed by atoms with E-state index < -0.39 is 10.0 Å². The second-order valence-electron chi connectivity index (χ2n) is 5.23. The fraction of sp³-hybridized carbons (Fsp3) is 0.467. The zero-order chi connectivity index (χ0) is 18.4. The molecular formula is C15H20ClN3O4S2. The first-order valence-corrected chi connectivity index (χ1v) is 10.6. The number of nitrogens with zero attached hydrogens (tertiary/aromatic N) is 2. The molecule has 0 aliphatic heterocycles. The van der Waals surface area contributed by atoms with Crippen molar-refractivity contribution in [3.05, 3.63) is 33.6 Å². The summed E-state index contributed by atoms with van der Waals surface area (Å²) in [6.45, 7) is 0.750. The molecule has 0 aliphatic rings. The zero-order valence-electron chi connectivity index (χ0n) is 14.0. The molecule has 1 aromatic carbocycles. The van der Waals surface area contributed by atoms with Gasteiger partial charge >= 0.3 is 0 Å². The summed E-state index contributed by atoms with van der Waals surface area (Å²) in [5.74, 6) is 0.546. The molecule has 0 spiro atoms. The van der Waals surface area contributed by atoms with E-state index in [9.17, 15) is 13.2 Å². The molecule has 10 heteroatoms. The summed E-state index contributed by atoms with van der Waals surface area (Å²) >= 11 is 7.33. The van der Waals surface area contributed by atoms with E-state index in [0.717, 1.165) is 0 Å². The van der Waals surface area contributed by atoms with Crippen molar-refractivity contribution >= 4 is 44.3 Å². The Balaban J connectivity index is 2.27. The van der Waals surface area contributed by atoms with Gasteiger partial charge in [-0.25, -0.2) is 18.1 Å². The topological polar surface area (TPSA) is 90.3 Å². The molecule has 2 rings (SSSR count). The molecule has 7 nitrogen and oxygen atoms in total. The number of methoxy groups -OCH3 is 1. The van der Waals surface area contributed by atoms with Gasteiger partial charge in [0, 0.05) is 17.9 Å². The number of hydrogen-bond acceptors (Lipinski definition) is 6. The monoisotopic (exact) mass is 405 g/mol. The van der Waals surface area contributed by atoms with E-state index in [4.69, 9.17) is 16.3 Å². The van der Waals surface area contributed by atoms with Crippen LogP contribution in [0.5, 0.6) is 0 Å². The maximum atomic E-state index is 12.7. The van der Waals surface area contributed by atoms with Crippen molar-refractivity contribution in [3.8, 4) is 0 Å². The van der Waals surface area contributed by atoms with Gasteiger partial charge in [-0.2, -0.15) is 0 Å². The first-order chi connectivity index (χ1) is 11.9. The number of aromatic nitrogens is 2. The van der Waals surface area contributed by atoms with Crippen molar-refractivity contribution in [2.75, 3.05) is 32.3 Å². The average molecular weight is 406 g/mol. The molecular weight excluding hydrogens is 386 g/mol. The minimum absolute atomic E-state index is 0.0260. The summed E-state index contributed by atoms with van der Waals surface area (Å²) < 4.78 is 31.8. The zero-order valence-corrected chi connectivity index (χ0v) is 16.4. The summed E-state index contributed by atoms with van der Waals surface area (Å²) in [6.07, 6.45) is 0.446. The third kappa shape index (κ3) is 5.42. The van der Waals surface area contributed by atoms with E-state index in [1.54, 1.807) is 29.9 Å². The van der Waals surface area contributed by atoms with Crippen LogP contribution in [0.4, 0.5) is 0 Å². The number of halogens is 1. The third-order valence-electron chi connectivity index (χ3n) is 3.50. The standard InChI is InChI=1S/C15H20ClN3O4S2/c1-17-25(21,22)9-3-8-24-15-18-13-10-11(16)4-5-12(13)14(20)19(15)6-7-23-2/h4-5,10,17H,3,6-9H2,1-2H3. The first kappa shape index (κ1) is 20.2. The van der Waals surface area contributed by atoms with Crippen LogP contribution in [0.2, 0.25) is 5.02 Å². The molecule has 0 saturated carbocycles. The fourth-order valence-corrected chi connectivity index (χ4v) is 4.22. The number of benzene rings is 1. The Morgan fingerprint density at radius 3 is 2.84 bits per heavy atom. The quantitative estimate of drug-likeness (QED) is 0.388. The molecule has 138 valence electrons. The third-order valence-corrected chi connectivity index (χ3v) is 6.25. The number of thioether (sulfide) groups is 1. The molecule has 0 amide bonds. The van der Waals surface area contributed by atoms with E-state index in [2.05, 4.69) is 9.71 Å². The van der Waals surface area contributed by atoms with Gasteiger partial charge < -0.3 is 4.74 Å². The molecule has 0 bridgehead atoms. The molecule has 0 saturated heterocycles. The molecule has 0 fully saturated rings. The molecule has 1 heterocycles. The number of hydrogen-bond donors (Lipinski definition) is 1. The lowest BCUT2D eigenvalue weighted by atomic mass is 10.2. The number of ether oxygens (including phenoxy) is 1. The van der Waals surface area contributed by atoms with Crippen molar-refractivity contribution < 1.29 is 13.2 Å². The Kier molecular flexibility index (Phi) is 7.26. The van der Waals surface area contributed by atoms with Crippen LogP contribution in [0, 0.1) is 0 Å². The highest BCUT2D eigenvalue weighted by atomic mass is 35.5. The van der Waals surface area contributed by atoms with Crippen LogP contribution in [0.1, 0.15) is 6.42 Å². The van der Waals surface area contributed by atoms with Gasteiger partial charge in [-0.05, 0) is 31.7 Å². The van der Waals surface area contributed by atoms with Crippen LogP contribution in [-0.4, -0.2) is 50.2 Å². The molecule has 1 N–H and O–H groups in total. The molecule has 0 aliphatic carbocycles. The van der Waals surface area contributed by atoms with Gasteiger partial charge in [-0.1, -0.05) is 23.4 Å². The van der Waals surface area contributed by atoms with E-state index in [1.807, 2.05) is 0 Å². The van der Waals surface area contributed by atoms with Crippen molar-refractivity contribution in [1.82, 2.24) is 14.3 Å². The van der Waals surface area contributed by atoms with Crippen molar-refractivity contribution in [1.29, 1.82) is 0 Å². The summed E-state index contributed by atoms with van der Waals surface area (Å²) in [7, 11) is -0.284. The number of nitrogens with one attached hydrogen (secondary N) is 1. The SMILES string of the molecule is CNS(=O)(=O)CCCSc1nc2cc(Cl)ccc2c(=O)n1CCOC. The Morgan fingerprint density at radius 2 is 2.16 bits per heavy atom. The van der Waals surface area contributed by atoms with Crippen LogP contribution in [-0.2, 0) is 21.3 Å². The predicted molar refractivity (Wildman–Crippen MR) is 101 cm³/mol. The van der Waals surface area contributed by atoms with Crippen LogP contribution in [0.3, 0.4) is 0 Å². The molecule has 0 atom stereocenters. The van der Waals surface area contributed by atoms with Crippen LogP contribution in [0.15, 0.2) is 28.2 Å². The van der Waals surface area contributed by atoms with Gasteiger partial charge in [0.1, 0.15) is 0 Å². The van der Waals surface area contributed by atoms with Crippen molar-refractivity contribution in [3.63, 3.8) is 0 Å². The highest BCUT2D eigenvalue weighted by Crippen LogP contribution is 2.21. The van der Waals surface area contributed by atoms with Gasteiger partial charge in [-0.15, -0.1) is 0 Å². The van der Waals surface area contributed by atoms with Crippen LogP contribution >= 0.6 is 23.4 Å². The number of sulfonamides is 1. The van der Waals surface area contributed by atoms with Gasteiger partial charge in [0.05, 0.1) is 29.8 Å². The maximum absolute atomic E-state index is 12.7. The lowest BCUT2D eigenvalue weighted by Gasteiger charge is -2.13. The number of fused-ring (bicyclic) bond motifs is 1. The smallest absolute Gasteiger partial charge is 0.262 e. The van der Waals surface area contributed by atoms with Crippen LogP contribution < -0.4 is 10.3 Å². The normalized spacial score (nSPS) is 12.0. The highest BCUT2D eigenvalue weighted by molar-refractivity contribution is 7.99. The van der Waals surface area contributed by atoms with Gasteiger partial charge in [0.2, 0.25) is 10.0 Å². The average Bonchev–Trinajstić information content (AvgIpc) is 2.58. The Bertz CT molecular complexity index is 900. The minimum atomic E-state index is -3.24. The number of rotatable bonds is 9. The molecule has 0 radical (unpaired) electrons. The second kappa shape index (κ2) is 9.00. The Labute approximate surface area is 155 Å². The first-order valence-electron chi connectivity index (χ1n) is 7.61. The molecule has 1 aromatic heterocycles. The van der Waals surface area contributed by atoms with E-state index in [-0.39, 0.29) is 11.3 Å². The van der Waals surface area contributed by atoms with E-state index in [1.165, 1.54) is 18.8 Å². The fourth-order valence-electron chi connectivity index (χ4n) is 2.18. The predicted octanol–water partition coefficient (Wildman–Crippen LogP) is 1.73. The summed E-state index contributed by atoms with van der Waals surface area (Å²) in [4.78, 5) is 17.2. The minimum Gasteiger partial charge on any atom is -0.383 e. The summed E-state index contributed by atoms with van der Waals surface area (Å²) in [6, 6.07) is 4.96. The van der Waals surface area contributed by atoms with E-state index >= 15 is 0 Å². The lowest BCUT2D eigenvalue weighted by Crippen LogP contribution is -2.25. The van der Waals surface area contributed by atoms with Crippen molar-refractivity contribution in [2.45, 2.75) is 18.1 Å². The molecule has 0 unspecified atom stereocenters. The van der Waals surface area contributed by atoms with Crippen molar-refractivity contribution in [2.24, 2.45) is 0 Å². The Hall–Kier alpha value is -1.13. The largest absolute Gasteiger partial charge is 0.383 e. The van der Waals surface area contributed by atoms with Gasteiger partial charge in [-0.3, -0.25) is 9.36 Å². The van der Waals surface area contributed by atoms with E-state index in [0.29, 0.717) is 46.4 Å².